The van der Waals surface area contributed by atoms with Gasteiger partial charge in [0.15, 0.2) is 0 Å². The number of carbonyl (C=O) groups is 1. The normalized spacial score (nSPS) is 27.0. The molecule has 1 saturated carbocycles. The minimum absolute atomic E-state index is 0.0279. The molecule has 3 nitrogen and oxygen atoms in total. The predicted octanol–water partition coefficient (Wildman–Crippen LogP) is 2.80. The van der Waals surface area contributed by atoms with Crippen molar-refractivity contribution >= 4 is 5.97 Å². The largest absolute Gasteiger partial charge is 0.480 e. The molecule has 0 saturated heterocycles. The van der Waals surface area contributed by atoms with Crippen LogP contribution < -0.4 is 0 Å². The van der Waals surface area contributed by atoms with E-state index in [1.807, 2.05) is 0 Å². The van der Waals surface area contributed by atoms with Crippen LogP contribution in [-0.2, 0) is 23.4 Å². The van der Waals surface area contributed by atoms with E-state index in [9.17, 15) is 26.7 Å². The molecule has 0 aromatic carbocycles. The van der Waals surface area contributed by atoms with Gasteiger partial charge in [-0.15, -0.1) is 0 Å². The number of aromatic nitrogens is 1. The van der Waals surface area contributed by atoms with Crippen molar-refractivity contribution in [1.29, 1.82) is 0 Å². The molecule has 3 rings (SSSR count). The third-order valence-corrected chi connectivity index (χ3v) is 3.67. The van der Waals surface area contributed by atoms with Crippen molar-refractivity contribution in [2.45, 2.75) is 31.0 Å². The fraction of sp³-hybridized carbons (Fsp3) is 0.545. The number of alkyl halides is 5. The van der Waals surface area contributed by atoms with Crippen molar-refractivity contribution in [2.75, 3.05) is 0 Å². The summed E-state index contributed by atoms with van der Waals surface area (Å²) in [5.74, 6) is -6.74. The van der Waals surface area contributed by atoms with E-state index in [2.05, 4.69) is 0 Å². The summed E-state index contributed by atoms with van der Waals surface area (Å²) >= 11 is 0. The van der Waals surface area contributed by atoms with Crippen molar-refractivity contribution in [3.8, 4) is 0 Å². The third kappa shape index (κ3) is 1.58. The Hall–Kier alpha value is -1.60. The molecule has 104 valence electrons. The molecule has 0 aliphatic heterocycles. The number of hydrogen-bond donors (Lipinski definition) is 1. The summed E-state index contributed by atoms with van der Waals surface area (Å²) in [4.78, 5) is 10.6. The van der Waals surface area contributed by atoms with E-state index >= 15 is 0 Å². The molecule has 1 heterocycles. The van der Waals surface area contributed by atoms with Gasteiger partial charge < -0.3 is 9.67 Å². The molecule has 0 radical (unpaired) electrons. The Morgan fingerprint density at radius 3 is 2.63 bits per heavy atom. The van der Waals surface area contributed by atoms with Crippen molar-refractivity contribution in [2.24, 2.45) is 5.92 Å². The second-order valence-corrected chi connectivity index (χ2v) is 4.90. The van der Waals surface area contributed by atoms with Gasteiger partial charge in [-0.1, -0.05) is 0 Å². The zero-order valence-electron chi connectivity index (χ0n) is 9.34. The number of rotatable bonds is 2. The van der Waals surface area contributed by atoms with Crippen LogP contribution in [0, 0.1) is 5.92 Å². The Morgan fingerprint density at radius 1 is 1.47 bits per heavy atom. The average Bonchev–Trinajstić information content (AvgIpc) is 2.87. The Labute approximate surface area is 103 Å². The maximum Gasteiger partial charge on any atom is 0.418 e. The quantitative estimate of drug-likeness (QED) is 0.847. The summed E-state index contributed by atoms with van der Waals surface area (Å²) in [5.41, 5.74) is -2.32. The summed E-state index contributed by atoms with van der Waals surface area (Å²) < 4.78 is 66.8. The smallest absolute Gasteiger partial charge is 0.418 e. The number of carboxylic acid groups (broad SMARTS) is 1. The van der Waals surface area contributed by atoms with Gasteiger partial charge >= 0.3 is 12.1 Å². The van der Waals surface area contributed by atoms with Crippen molar-refractivity contribution in [3.05, 3.63) is 23.0 Å². The minimum atomic E-state index is -4.75. The second kappa shape index (κ2) is 3.29. The summed E-state index contributed by atoms with van der Waals surface area (Å²) in [6.07, 6.45) is -4.23. The number of halogens is 5. The zero-order valence-corrected chi connectivity index (χ0v) is 9.34. The minimum Gasteiger partial charge on any atom is -0.480 e. The fourth-order valence-corrected chi connectivity index (χ4v) is 2.91. The molecule has 0 spiro atoms. The highest BCUT2D eigenvalue weighted by atomic mass is 19.4. The third-order valence-electron chi connectivity index (χ3n) is 3.67. The number of carboxylic acids is 1. The molecule has 1 aromatic heterocycles. The van der Waals surface area contributed by atoms with Gasteiger partial charge in [0, 0.05) is 12.1 Å². The van der Waals surface area contributed by atoms with E-state index in [0.29, 0.717) is 10.8 Å². The molecule has 8 heteroatoms. The first kappa shape index (κ1) is 12.4. The summed E-state index contributed by atoms with van der Waals surface area (Å²) in [7, 11) is 0. The lowest BCUT2D eigenvalue weighted by molar-refractivity contribution is -0.140. The van der Waals surface area contributed by atoms with Crippen LogP contribution in [0.15, 0.2) is 6.20 Å². The first-order chi connectivity index (χ1) is 8.64. The SMILES string of the molecule is O=C(O)Cn1cc(C(F)(F)F)c2c1C(F)(F)[C@@H]1C[C@H]21. The van der Waals surface area contributed by atoms with Crippen LogP contribution in [-0.4, -0.2) is 15.6 Å². The average molecular weight is 281 g/mol. The Kier molecular flexibility index (Phi) is 2.15. The molecule has 2 aliphatic rings. The van der Waals surface area contributed by atoms with E-state index in [4.69, 9.17) is 5.11 Å². The maximum atomic E-state index is 13.9. The monoisotopic (exact) mass is 281 g/mol. The molecule has 1 fully saturated rings. The highest BCUT2D eigenvalue weighted by molar-refractivity contribution is 5.67. The lowest BCUT2D eigenvalue weighted by Crippen LogP contribution is -2.21. The van der Waals surface area contributed by atoms with Gasteiger partial charge in [-0.3, -0.25) is 4.79 Å². The molecule has 0 amide bonds. The second-order valence-electron chi connectivity index (χ2n) is 4.90. The summed E-state index contributed by atoms with van der Waals surface area (Å²) in [6, 6.07) is 0. The molecule has 2 aliphatic carbocycles. The molecular weight excluding hydrogens is 273 g/mol. The van der Waals surface area contributed by atoms with Crippen LogP contribution in [0.5, 0.6) is 0 Å². The van der Waals surface area contributed by atoms with Crippen molar-refractivity contribution < 1.29 is 31.9 Å². The highest BCUT2D eigenvalue weighted by Crippen LogP contribution is 2.68. The topological polar surface area (TPSA) is 42.2 Å². The van der Waals surface area contributed by atoms with Gasteiger partial charge in [0.2, 0.25) is 0 Å². The van der Waals surface area contributed by atoms with Crippen molar-refractivity contribution in [3.63, 3.8) is 0 Å². The molecule has 1 N–H and O–H groups in total. The van der Waals surface area contributed by atoms with E-state index in [1.165, 1.54) is 0 Å². The molecular formula is C11H8F5NO2. The Morgan fingerprint density at radius 2 is 2.11 bits per heavy atom. The predicted molar refractivity (Wildman–Crippen MR) is 51.8 cm³/mol. The van der Waals surface area contributed by atoms with Gasteiger partial charge in [-0.25, -0.2) is 0 Å². The van der Waals surface area contributed by atoms with E-state index in [1.54, 1.807) is 0 Å². The molecule has 0 bridgehead atoms. The standard InChI is InChI=1S/C11H8F5NO2/c12-10(13)5-1-4(5)8-6(11(14,15)16)2-17(9(8)10)3-7(18)19/h2,4-5H,1,3H2,(H,18,19)/t4-,5+/m0/s1. The number of aliphatic carboxylic acids is 1. The van der Waals surface area contributed by atoms with E-state index < -0.39 is 53.3 Å². The fourth-order valence-electron chi connectivity index (χ4n) is 2.91. The lowest BCUT2D eigenvalue weighted by atomic mass is 10.1. The van der Waals surface area contributed by atoms with Crippen LogP contribution >= 0.6 is 0 Å². The van der Waals surface area contributed by atoms with Gasteiger partial charge in [-0.05, 0) is 17.9 Å². The van der Waals surface area contributed by atoms with E-state index in [0.717, 1.165) is 0 Å². The first-order valence-corrected chi connectivity index (χ1v) is 5.54. The Bertz CT molecular complexity index is 574. The van der Waals surface area contributed by atoms with Gasteiger partial charge in [0.05, 0.1) is 11.3 Å². The molecule has 1 aromatic rings. The van der Waals surface area contributed by atoms with Crippen molar-refractivity contribution in [1.82, 2.24) is 4.57 Å². The van der Waals surface area contributed by atoms with Crippen LogP contribution in [0.25, 0.3) is 0 Å². The van der Waals surface area contributed by atoms with Crippen LogP contribution in [0.3, 0.4) is 0 Å². The van der Waals surface area contributed by atoms with Gasteiger partial charge in [0.1, 0.15) is 6.54 Å². The zero-order chi connectivity index (χ0) is 14.2. The van der Waals surface area contributed by atoms with Gasteiger partial charge in [-0.2, -0.15) is 22.0 Å². The van der Waals surface area contributed by atoms with Crippen LogP contribution in [0.1, 0.15) is 29.2 Å². The summed E-state index contributed by atoms with van der Waals surface area (Å²) in [5, 5.41) is 8.61. The summed E-state index contributed by atoms with van der Waals surface area (Å²) in [6.45, 7) is -0.895. The number of hydrogen-bond acceptors (Lipinski definition) is 1. The molecule has 2 atom stereocenters. The number of fused-ring (bicyclic) bond motifs is 3. The van der Waals surface area contributed by atoms with Crippen LogP contribution in [0.4, 0.5) is 22.0 Å². The molecule has 19 heavy (non-hydrogen) atoms. The maximum absolute atomic E-state index is 13.9. The number of nitrogens with zero attached hydrogens (tertiary/aromatic N) is 1. The van der Waals surface area contributed by atoms with Crippen LogP contribution in [0.2, 0.25) is 0 Å². The molecule has 0 unspecified atom stereocenters. The van der Waals surface area contributed by atoms with E-state index in [-0.39, 0.29) is 6.42 Å². The Balaban J connectivity index is 2.19. The lowest BCUT2D eigenvalue weighted by Gasteiger charge is -2.15. The highest BCUT2D eigenvalue weighted by Gasteiger charge is 2.67. The van der Waals surface area contributed by atoms with Gasteiger partial charge in [0.25, 0.3) is 5.92 Å². The first-order valence-electron chi connectivity index (χ1n) is 5.54.